The average molecular weight is 482 g/mol. The lowest BCUT2D eigenvalue weighted by atomic mass is 9.77. The Hall–Kier alpha value is -1.99. The molecule has 0 bridgehead atoms. The highest BCUT2D eigenvalue weighted by Crippen LogP contribution is 2.42. The highest BCUT2D eigenvalue weighted by molar-refractivity contribution is 6.31. The third-order valence-corrected chi connectivity index (χ3v) is 7.45. The Morgan fingerprint density at radius 2 is 1.88 bits per heavy atom. The molecule has 1 aromatic heterocycles. The molecule has 1 N–H and O–H groups in total. The van der Waals surface area contributed by atoms with E-state index in [1.54, 1.807) is 0 Å². The molecule has 0 spiro atoms. The van der Waals surface area contributed by atoms with E-state index in [9.17, 15) is 18.0 Å². The van der Waals surface area contributed by atoms with Crippen LogP contribution < -0.4 is 5.43 Å². The Balaban J connectivity index is 1.42. The van der Waals surface area contributed by atoms with Crippen LogP contribution in [0, 0.1) is 12.8 Å². The number of benzene rings is 1. The van der Waals surface area contributed by atoms with Gasteiger partial charge in [0.25, 0.3) is 5.91 Å². The van der Waals surface area contributed by atoms with Crippen molar-refractivity contribution in [1.82, 2.24) is 15.0 Å². The Labute approximate surface area is 198 Å². The number of piperidine rings is 1. The van der Waals surface area contributed by atoms with Gasteiger partial charge in [0.15, 0.2) is 0 Å². The number of amides is 1. The van der Waals surface area contributed by atoms with Gasteiger partial charge in [-0.2, -0.15) is 13.2 Å². The predicted octanol–water partition coefficient (Wildman–Crippen LogP) is 6.57. The molecular weight excluding hydrogens is 451 g/mol. The quantitative estimate of drug-likeness (QED) is 0.524. The Morgan fingerprint density at radius 3 is 2.61 bits per heavy atom. The molecule has 1 aliphatic carbocycles. The summed E-state index contributed by atoms with van der Waals surface area (Å²) in [5, 5.41) is 2.40. The minimum absolute atomic E-state index is 0.0105. The van der Waals surface area contributed by atoms with E-state index in [1.165, 1.54) is 18.6 Å². The zero-order valence-electron chi connectivity index (χ0n) is 18.9. The number of alkyl halides is 3. The predicted molar refractivity (Wildman–Crippen MR) is 123 cm³/mol. The molecule has 4 rings (SSSR count). The molecule has 0 radical (unpaired) electrons. The third kappa shape index (κ3) is 5.75. The molecule has 1 aliphatic heterocycles. The van der Waals surface area contributed by atoms with Gasteiger partial charge in [0.1, 0.15) is 0 Å². The smallest absolute Gasteiger partial charge is 0.351 e. The summed E-state index contributed by atoms with van der Waals surface area (Å²) < 4.78 is 41.7. The van der Waals surface area contributed by atoms with E-state index >= 15 is 0 Å². The van der Waals surface area contributed by atoms with Crippen LogP contribution in [-0.4, -0.2) is 28.6 Å². The van der Waals surface area contributed by atoms with Crippen molar-refractivity contribution in [1.29, 1.82) is 0 Å². The lowest BCUT2D eigenvalue weighted by Crippen LogP contribution is -2.45. The van der Waals surface area contributed by atoms with Gasteiger partial charge in [-0.15, -0.1) is 0 Å². The molecule has 2 heterocycles. The Morgan fingerprint density at radius 1 is 1.12 bits per heavy atom. The lowest BCUT2D eigenvalue weighted by Gasteiger charge is -2.31. The van der Waals surface area contributed by atoms with Crippen LogP contribution in [-0.2, 0) is 12.7 Å². The summed E-state index contributed by atoms with van der Waals surface area (Å²) in [6, 6.07) is 5.50. The minimum Gasteiger partial charge on any atom is -0.351 e. The molecule has 2 unspecified atom stereocenters. The number of carbonyl (C=O) groups is 1. The SMILES string of the molecule is Cc1c(C(=O)NN2CCCCC2)ccn1CC1CCCC(c2cc(C(F)(F)F)ccc2Cl)C1. The minimum atomic E-state index is -4.37. The van der Waals surface area contributed by atoms with Gasteiger partial charge in [-0.1, -0.05) is 24.4 Å². The van der Waals surface area contributed by atoms with Crippen LogP contribution in [0.1, 0.15) is 78.0 Å². The monoisotopic (exact) mass is 481 g/mol. The van der Waals surface area contributed by atoms with Crippen LogP contribution >= 0.6 is 11.6 Å². The number of rotatable bonds is 5. The second-order valence-corrected chi connectivity index (χ2v) is 9.83. The van der Waals surface area contributed by atoms with Crippen molar-refractivity contribution in [2.24, 2.45) is 5.92 Å². The largest absolute Gasteiger partial charge is 0.416 e. The highest BCUT2D eigenvalue weighted by Gasteiger charge is 2.33. The van der Waals surface area contributed by atoms with E-state index in [1.807, 2.05) is 24.2 Å². The van der Waals surface area contributed by atoms with Gasteiger partial charge in [-0.25, -0.2) is 5.01 Å². The fourth-order valence-corrected chi connectivity index (χ4v) is 5.52. The number of hydrazine groups is 1. The molecule has 33 heavy (non-hydrogen) atoms. The number of aromatic nitrogens is 1. The second kappa shape index (κ2) is 10.1. The summed E-state index contributed by atoms with van der Waals surface area (Å²) in [5.41, 5.74) is 4.57. The molecule has 180 valence electrons. The zero-order chi connectivity index (χ0) is 23.6. The van der Waals surface area contributed by atoms with E-state index in [-0.39, 0.29) is 11.8 Å². The average Bonchev–Trinajstić information content (AvgIpc) is 3.14. The summed E-state index contributed by atoms with van der Waals surface area (Å²) in [4.78, 5) is 12.8. The van der Waals surface area contributed by atoms with Crippen LogP contribution in [0.2, 0.25) is 5.02 Å². The first kappa shape index (κ1) is 24.1. The maximum Gasteiger partial charge on any atom is 0.416 e. The molecule has 2 aromatic rings. The van der Waals surface area contributed by atoms with Crippen LogP contribution in [0.25, 0.3) is 0 Å². The molecular formula is C25H31ClF3N3O. The number of carbonyl (C=O) groups excluding carboxylic acids is 1. The first-order chi connectivity index (χ1) is 15.7. The van der Waals surface area contributed by atoms with E-state index in [0.29, 0.717) is 22.1 Å². The van der Waals surface area contributed by atoms with Crippen LogP contribution in [0.4, 0.5) is 13.2 Å². The fraction of sp³-hybridized carbons (Fsp3) is 0.560. The van der Waals surface area contributed by atoms with E-state index in [2.05, 4.69) is 9.99 Å². The summed E-state index contributed by atoms with van der Waals surface area (Å²) in [5.74, 6) is 0.250. The zero-order valence-corrected chi connectivity index (χ0v) is 19.7. The number of nitrogens with one attached hydrogen (secondary N) is 1. The number of halogens is 4. The number of hydrogen-bond donors (Lipinski definition) is 1. The molecule has 1 amide bonds. The normalized spacial score (nSPS) is 22.3. The van der Waals surface area contributed by atoms with Crippen LogP contribution in [0.3, 0.4) is 0 Å². The molecule has 8 heteroatoms. The van der Waals surface area contributed by atoms with Crippen LogP contribution in [0.5, 0.6) is 0 Å². The molecule has 2 atom stereocenters. The number of nitrogens with zero attached hydrogens (tertiary/aromatic N) is 2. The first-order valence-corrected chi connectivity index (χ1v) is 12.2. The van der Waals surface area contributed by atoms with Gasteiger partial charge < -0.3 is 4.57 Å². The topological polar surface area (TPSA) is 37.3 Å². The van der Waals surface area contributed by atoms with Gasteiger partial charge in [0.05, 0.1) is 11.1 Å². The van der Waals surface area contributed by atoms with Crippen molar-refractivity contribution in [3.05, 3.63) is 57.9 Å². The molecule has 2 fully saturated rings. The molecule has 1 aromatic carbocycles. The van der Waals surface area contributed by atoms with Crippen LogP contribution in [0.15, 0.2) is 30.5 Å². The fourth-order valence-electron chi connectivity index (χ4n) is 5.25. The molecule has 1 saturated heterocycles. The second-order valence-electron chi connectivity index (χ2n) is 9.42. The summed E-state index contributed by atoms with van der Waals surface area (Å²) >= 11 is 6.31. The van der Waals surface area contributed by atoms with Gasteiger partial charge >= 0.3 is 6.18 Å². The summed E-state index contributed by atoms with van der Waals surface area (Å²) in [6.07, 6.45) is 4.56. The summed E-state index contributed by atoms with van der Waals surface area (Å²) in [7, 11) is 0. The van der Waals surface area contributed by atoms with E-state index < -0.39 is 11.7 Å². The Kier molecular flexibility index (Phi) is 7.39. The third-order valence-electron chi connectivity index (χ3n) is 7.10. The summed E-state index contributed by atoms with van der Waals surface area (Å²) in [6.45, 7) is 4.46. The standard InChI is InChI=1S/C25H31ClF3N3O/c1-17-21(24(33)30-32-11-3-2-4-12-32)10-13-31(17)16-18-6-5-7-19(14-18)22-15-20(25(27,28)29)8-9-23(22)26/h8-10,13,15,18-19H,2-7,11-12,14,16H2,1H3,(H,30,33). The van der Waals surface area contributed by atoms with Crippen molar-refractivity contribution < 1.29 is 18.0 Å². The molecule has 2 aliphatic rings. The van der Waals surface area contributed by atoms with Crippen molar-refractivity contribution >= 4 is 17.5 Å². The van der Waals surface area contributed by atoms with Crippen molar-refractivity contribution in [3.63, 3.8) is 0 Å². The van der Waals surface area contributed by atoms with Crippen molar-refractivity contribution in [2.75, 3.05) is 13.1 Å². The lowest BCUT2D eigenvalue weighted by molar-refractivity contribution is -0.137. The first-order valence-electron chi connectivity index (χ1n) is 11.8. The maximum absolute atomic E-state index is 13.2. The number of hydrogen-bond acceptors (Lipinski definition) is 2. The van der Waals surface area contributed by atoms with Gasteiger partial charge in [0.2, 0.25) is 0 Å². The van der Waals surface area contributed by atoms with Gasteiger partial charge in [-0.05, 0) is 80.7 Å². The molecule has 1 saturated carbocycles. The van der Waals surface area contributed by atoms with Crippen molar-refractivity contribution in [2.45, 2.75) is 70.5 Å². The van der Waals surface area contributed by atoms with Gasteiger partial charge in [0, 0.05) is 36.5 Å². The van der Waals surface area contributed by atoms with Crippen molar-refractivity contribution in [3.8, 4) is 0 Å². The van der Waals surface area contributed by atoms with E-state index in [0.717, 1.165) is 69.9 Å². The Bertz CT molecular complexity index is 982. The molecule has 4 nitrogen and oxygen atoms in total. The highest BCUT2D eigenvalue weighted by atomic mass is 35.5. The van der Waals surface area contributed by atoms with E-state index in [4.69, 9.17) is 11.6 Å². The van der Waals surface area contributed by atoms with Gasteiger partial charge in [-0.3, -0.25) is 10.2 Å². The maximum atomic E-state index is 13.2.